The normalized spacial score (nSPS) is 17.5. The lowest BCUT2D eigenvalue weighted by Crippen LogP contribution is -2.28. The molecule has 0 aliphatic carbocycles. The van der Waals surface area contributed by atoms with Gasteiger partial charge in [-0.3, -0.25) is 14.7 Å². The van der Waals surface area contributed by atoms with Crippen LogP contribution in [0.15, 0.2) is 40.2 Å². The molecule has 5 heteroatoms. The zero-order valence-corrected chi connectivity index (χ0v) is 17.6. The Balaban J connectivity index is 2.04. The molecule has 4 nitrogen and oxygen atoms in total. The fourth-order valence-electron chi connectivity index (χ4n) is 3.51. The van der Waals surface area contributed by atoms with Crippen LogP contribution in [0, 0.1) is 13.8 Å². The zero-order valence-electron chi connectivity index (χ0n) is 16.7. The molecule has 2 aromatic rings. The van der Waals surface area contributed by atoms with Crippen LogP contribution in [-0.2, 0) is 11.2 Å². The first-order chi connectivity index (χ1) is 13.0. The van der Waals surface area contributed by atoms with Crippen LogP contribution in [0.1, 0.15) is 43.3 Å². The molecule has 1 amide bonds. The monoisotopic (exact) mass is 381 g/mol. The Bertz CT molecular complexity index is 924. The van der Waals surface area contributed by atoms with Gasteiger partial charge in [0, 0.05) is 30.2 Å². The minimum atomic E-state index is 0.0495. The van der Waals surface area contributed by atoms with Gasteiger partial charge >= 0.3 is 0 Å². The Hall–Kier alpha value is -2.27. The summed E-state index contributed by atoms with van der Waals surface area (Å²) in [6, 6.07) is 10.7. The molecule has 1 aliphatic heterocycles. The van der Waals surface area contributed by atoms with Crippen molar-refractivity contribution < 1.29 is 4.79 Å². The largest absolute Gasteiger partial charge is 0.318 e. The van der Waals surface area contributed by atoms with E-state index in [0.717, 1.165) is 27.8 Å². The Morgan fingerprint density at radius 3 is 2.56 bits per heavy atom. The molecule has 0 N–H and O–H groups in total. The van der Waals surface area contributed by atoms with Gasteiger partial charge in [0.1, 0.15) is 0 Å². The average Bonchev–Trinajstić information content (AvgIpc) is 3.11. The third-order valence-corrected chi connectivity index (χ3v) is 5.91. The number of para-hydroxylation sites is 1. The van der Waals surface area contributed by atoms with E-state index >= 15 is 0 Å². The molecule has 0 radical (unpaired) electrons. The molecule has 0 unspecified atom stereocenters. The summed E-state index contributed by atoms with van der Waals surface area (Å²) in [7, 11) is 0. The van der Waals surface area contributed by atoms with Crippen molar-refractivity contribution in [1.82, 2.24) is 9.47 Å². The van der Waals surface area contributed by atoms with E-state index in [2.05, 4.69) is 60.7 Å². The average molecular weight is 382 g/mol. The lowest BCUT2D eigenvalue weighted by Gasteiger charge is -2.14. The van der Waals surface area contributed by atoms with Crippen molar-refractivity contribution in [2.75, 3.05) is 13.1 Å². The number of carbonyl (C=O) groups excluding carboxylic acids is 1. The van der Waals surface area contributed by atoms with Crippen molar-refractivity contribution in [3.63, 3.8) is 0 Å². The van der Waals surface area contributed by atoms with Crippen LogP contribution in [0.5, 0.6) is 0 Å². The van der Waals surface area contributed by atoms with Crippen molar-refractivity contribution in [3.8, 4) is 5.69 Å². The van der Waals surface area contributed by atoms with E-state index in [1.165, 1.54) is 28.7 Å². The molecule has 142 valence electrons. The molecule has 1 aromatic carbocycles. The fourth-order valence-corrected chi connectivity index (χ4v) is 4.61. The van der Waals surface area contributed by atoms with Gasteiger partial charge in [0.25, 0.3) is 5.91 Å². The predicted octanol–water partition coefficient (Wildman–Crippen LogP) is 4.97. The zero-order chi connectivity index (χ0) is 19.6. The number of thioether (sulfide) groups is 1. The number of hydrogen-bond acceptors (Lipinski definition) is 3. The van der Waals surface area contributed by atoms with E-state index < -0.39 is 0 Å². The summed E-state index contributed by atoms with van der Waals surface area (Å²) in [4.78, 5) is 19.7. The number of carbonyl (C=O) groups is 1. The van der Waals surface area contributed by atoms with Gasteiger partial charge in [-0.05, 0) is 75.2 Å². The summed E-state index contributed by atoms with van der Waals surface area (Å²) in [5, 5.41) is 0.807. The van der Waals surface area contributed by atoms with Gasteiger partial charge in [-0.2, -0.15) is 0 Å². The Morgan fingerprint density at radius 2 is 1.89 bits per heavy atom. The van der Waals surface area contributed by atoms with Gasteiger partial charge in [0.05, 0.1) is 4.91 Å². The first-order valence-electron chi connectivity index (χ1n) is 9.54. The number of aliphatic imine (C=N–C) groups is 1. The fraction of sp³-hybridized carbons (Fsp3) is 0.364. The second-order valence-corrected chi connectivity index (χ2v) is 7.57. The summed E-state index contributed by atoms with van der Waals surface area (Å²) >= 11 is 1.48. The Morgan fingerprint density at radius 1 is 1.15 bits per heavy atom. The molecule has 3 rings (SSSR count). The highest BCUT2D eigenvalue weighted by Crippen LogP contribution is 2.34. The van der Waals surface area contributed by atoms with Crippen molar-refractivity contribution in [3.05, 3.63) is 57.8 Å². The maximum atomic E-state index is 12.7. The minimum Gasteiger partial charge on any atom is -0.318 e. The molecule has 0 atom stereocenters. The number of benzene rings is 1. The molecule has 0 spiro atoms. The summed E-state index contributed by atoms with van der Waals surface area (Å²) in [5.41, 5.74) is 5.94. The second kappa shape index (κ2) is 8.17. The maximum absolute atomic E-state index is 12.7. The van der Waals surface area contributed by atoms with Crippen LogP contribution in [-0.4, -0.2) is 33.6 Å². The highest BCUT2D eigenvalue weighted by atomic mass is 32.2. The molecule has 0 bridgehead atoms. The van der Waals surface area contributed by atoms with Gasteiger partial charge in [-0.15, -0.1) is 0 Å². The minimum absolute atomic E-state index is 0.0495. The summed E-state index contributed by atoms with van der Waals surface area (Å²) in [6.45, 7) is 11.7. The van der Waals surface area contributed by atoms with Crippen molar-refractivity contribution in [2.24, 2.45) is 4.99 Å². The van der Waals surface area contributed by atoms with Crippen LogP contribution in [0.2, 0.25) is 0 Å². The number of likely N-dealkylation sites (N-methyl/N-ethyl adjacent to an activating group) is 1. The number of aromatic nitrogens is 1. The molecule has 1 aliphatic rings. The van der Waals surface area contributed by atoms with E-state index in [4.69, 9.17) is 0 Å². The summed E-state index contributed by atoms with van der Waals surface area (Å²) in [5.74, 6) is 0.0495. The standard InChI is InChI=1S/C22H27N3OS/c1-6-17-11-9-10-12-19(17)25-15(4)13-18(16(25)5)14-20-21(26)24(8-3)22(27-20)23-7-2/h9-14H,6-8H2,1-5H3/b20-14-,23-22?. The van der Waals surface area contributed by atoms with E-state index in [-0.39, 0.29) is 5.91 Å². The number of amides is 1. The smallest absolute Gasteiger partial charge is 0.266 e. The van der Waals surface area contributed by atoms with Gasteiger partial charge < -0.3 is 4.57 Å². The molecule has 0 saturated carbocycles. The highest BCUT2D eigenvalue weighted by molar-refractivity contribution is 8.18. The van der Waals surface area contributed by atoms with E-state index in [0.29, 0.717) is 13.1 Å². The van der Waals surface area contributed by atoms with Crippen LogP contribution < -0.4 is 0 Å². The van der Waals surface area contributed by atoms with Gasteiger partial charge in [0.15, 0.2) is 5.17 Å². The molecular formula is C22H27N3OS. The molecular weight excluding hydrogens is 354 g/mol. The van der Waals surface area contributed by atoms with Crippen LogP contribution in [0.3, 0.4) is 0 Å². The topological polar surface area (TPSA) is 37.6 Å². The molecule has 1 saturated heterocycles. The van der Waals surface area contributed by atoms with Crippen LogP contribution >= 0.6 is 11.8 Å². The summed E-state index contributed by atoms with van der Waals surface area (Å²) in [6.07, 6.45) is 3.00. The molecule has 27 heavy (non-hydrogen) atoms. The molecule has 1 aromatic heterocycles. The second-order valence-electron chi connectivity index (χ2n) is 6.56. The Kier molecular flexibility index (Phi) is 5.90. The number of amidine groups is 1. The Labute approximate surface area is 166 Å². The van der Waals surface area contributed by atoms with Crippen molar-refractivity contribution in [2.45, 2.75) is 41.0 Å². The van der Waals surface area contributed by atoms with Crippen molar-refractivity contribution >= 4 is 28.9 Å². The van der Waals surface area contributed by atoms with Crippen LogP contribution in [0.25, 0.3) is 11.8 Å². The quantitative estimate of drug-likeness (QED) is 0.686. The molecule has 2 heterocycles. The lowest BCUT2D eigenvalue weighted by molar-refractivity contribution is -0.122. The van der Waals surface area contributed by atoms with Gasteiger partial charge in [-0.25, -0.2) is 0 Å². The maximum Gasteiger partial charge on any atom is 0.266 e. The number of nitrogens with zero attached hydrogens (tertiary/aromatic N) is 3. The third kappa shape index (κ3) is 3.61. The van der Waals surface area contributed by atoms with E-state index in [9.17, 15) is 4.79 Å². The first kappa shape index (κ1) is 19.5. The van der Waals surface area contributed by atoms with Crippen molar-refractivity contribution in [1.29, 1.82) is 0 Å². The third-order valence-electron chi connectivity index (χ3n) is 4.87. The predicted molar refractivity (Wildman–Crippen MR) is 116 cm³/mol. The first-order valence-corrected chi connectivity index (χ1v) is 10.4. The highest BCUT2D eigenvalue weighted by Gasteiger charge is 2.32. The number of rotatable bonds is 5. The van der Waals surface area contributed by atoms with Gasteiger partial charge in [0.2, 0.25) is 0 Å². The lowest BCUT2D eigenvalue weighted by atomic mass is 10.1. The molecule has 1 fully saturated rings. The van der Waals surface area contributed by atoms with Gasteiger partial charge in [-0.1, -0.05) is 25.1 Å². The summed E-state index contributed by atoms with van der Waals surface area (Å²) < 4.78 is 2.29. The van der Waals surface area contributed by atoms with E-state index in [1.54, 1.807) is 4.90 Å². The number of hydrogen-bond donors (Lipinski definition) is 0. The van der Waals surface area contributed by atoms with E-state index in [1.807, 2.05) is 19.9 Å². The van der Waals surface area contributed by atoms with Crippen LogP contribution in [0.4, 0.5) is 0 Å². The SMILES string of the molecule is CCN=C1S/C(=C\c2cc(C)n(-c3ccccc3CC)c2C)C(=O)N1CC. The number of aryl methyl sites for hydroxylation is 2.